The van der Waals surface area contributed by atoms with Crippen molar-refractivity contribution in [1.82, 2.24) is 15.3 Å². The number of H-pyrrole nitrogens is 1. The minimum absolute atomic E-state index is 0.0511. The molecule has 7 heteroatoms. The molecule has 27 heavy (non-hydrogen) atoms. The summed E-state index contributed by atoms with van der Waals surface area (Å²) in [7, 11) is 0. The number of fused-ring (bicyclic) bond motifs is 1. The highest BCUT2D eigenvalue weighted by Gasteiger charge is 2.15. The molecule has 0 aliphatic heterocycles. The Balaban J connectivity index is 1.87. The first kappa shape index (κ1) is 19.1. The van der Waals surface area contributed by atoms with E-state index >= 15 is 0 Å². The quantitative estimate of drug-likeness (QED) is 0.608. The second-order valence-corrected chi connectivity index (χ2v) is 6.73. The Morgan fingerprint density at radius 1 is 1.30 bits per heavy atom. The van der Waals surface area contributed by atoms with Gasteiger partial charge in [0.25, 0.3) is 5.91 Å². The number of aryl methyl sites for hydroxylation is 2. The Hall–Kier alpha value is -2.70. The van der Waals surface area contributed by atoms with Gasteiger partial charge in [-0.25, -0.2) is 0 Å². The van der Waals surface area contributed by atoms with Crippen LogP contribution < -0.4 is 10.7 Å². The zero-order valence-electron chi connectivity index (χ0n) is 14.9. The number of pyridine rings is 2. The van der Waals surface area contributed by atoms with E-state index in [1.165, 1.54) is 6.20 Å². The highest BCUT2D eigenvalue weighted by Crippen LogP contribution is 2.15. The van der Waals surface area contributed by atoms with Crippen LogP contribution in [0.4, 0.5) is 0 Å². The fraction of sp³-hybridized carbons (Fsp3) is 0.250. The Morgan fingerprint density at radius 3 is 2.74 bits per heavy atom. The van der Waals surface area contributed by atoms with Gasteiger partial charge in [-0.2, -0.15) is 0 Å². The highest BCUT2D eigenvalue weighted by atomic mass is 35.5. The Kier molecular flexibility index (Phi) is 5.88. The molecule has 1 aromatic carbocycles. The van der Waals surface area contributed by atoms with Gasteiger partial charge in [0.2, 0.25) is 5.43 Å². The van der Waals surface area contributed by atoms with Crippen molar-refractivity contribution in [2.45, 2.75) is 26.3 Å². The molecule has 0 aliphatic carbocycles. The number of carbonyl (C=O) groups excluding carboxylic acids is 1. The smallest absolute Gasteiger partial charge is 0.257 e. The van der Waals surface area contributed by atoms with Crippen LogP contribution in [0.2, 0.25) is 5.02 Å². The van der Waals surface area contributed by atoms with Crippen LogP contribution in [0.1, 0.15) is 33.7 Å². The predicted octanol–water partition coefficient (Wildman–Crippen LogP) is 2.74. The molecular formula is C20H20ClN3O3. The molecule has 0 saturated carbocycles. The molecule has 0 saturated heterocycles. The third kappa shape index (κ3) is 4.35. The fourth-order valence-electron chi connectivity index (χ4n) is 2.89. The van der Waals surface area contributed by atoms with Crippen LogP contribution in [-0.2, 0) is 13.0 Å². The van der Waals surface area contributed by atoms with Crippen molar-refractivity contribution in [2.75, 3.05) is 6.61 Å². The molecule has 2 aromatic heterocycles. The van der Waals surface area contributed by atoms with Gasteiger partial charge in [0, 0.05) is 35.5 Å². The Bertz CT molecular complexity index is 1030. The van der Waals surface area contributed by atoms with Crippen molar-refractivity contribution in [3.63, 3.8) is 0 Å². The van der Waals surface area contributed by atoms with Crippen molar-refractivity contribution in [2.24, 2.45) is 0 Å². The van der Waals surface area contributed by atoms with Crippen LogP contribution in [0, 0.1) is 6.92 Å². The maximum atomic E-state index is 12.8. The first-order chi connectivity index (χ1) is 13.0. The molecule has 3 aromatic rings. The lowest BCUT2D eigenvalue weighted by atomic mass is 10.1. The molecular weight excluding hydrogens is 366 g/mol. The SMILES string of the molecule is Cc1nc(CCCO)cc2c(=O)c(C(=O)NCc3ccc(Cl)cc3)c[nH]c12. The van der Waals surface area contributed by atoms with Crippen LogP contribution >= 0.6 is 11.6 Å². The third-order valence-electron chi connectivity index (χ3n) is 4.31. The van der Waals surface area contributed by atoms with Gasteiger partial charge in [-0.1, -0.05) is 23.7 Å². The summed E-state index contributed by atoms with van der Waals surface area (Å²) >= 11 is 5.85. The number of aromatic amines is 1. The van der Waals surface area contributed by atoms with Crippen molar-refractivity contribution in [3.8, 4) is 0 Å². The highest BCUT2D eigenvalue weighted by molar-refractivity contribution is 6.30. The summed E-state index contributed by atoms with van der Waals surface area (Å²) in [5, 5.41) is 12.8. The van der Waals surface area contributed by atoms with E-state index in [1.54, 1.807) is 25.1 Å². The summed E-state index contributed by atoms with van der Waals surface area (Å²) in [5.74, 6) is -0.445. The molecule has 0 spiro atoms. The molecule has 0 fully saturated rings. The number of nitrogens with one attached hydrogen (secondary N) is 2. The van der Waals surface area contributed by atoms with Crippen LogP contribution in [0.3, 0.4) is 0 Å². The van der Waals surface area contributed by atoms with E-state index in [9.17, 15) is 9.59 Å². The average molecular weight is 386 g/mol. The Morgan fingerprint density at radius 2 is 2.04 bits per heavy atom. The van der Waals surface area contributed by atoms with Crippen LogP contribution in [-0.4, -0.2) is 27.6 Å². The van der Waals surface area contributed by atoms with E-state index in [2.05, 4.69) is 15.3 Å². The standard InChI is InChI=1S/C20H20ClN3O3/c1-12-18-16(9-15(24-12)3-2-8-25)19(26)17(11-22-18)20(27)23-10-13-4-6-14(21)7-5-13/h4-7,9,11,25H,2-3,8,10H2,1H3,(H,22,26)(H,23,27). The number of aliphatic hydroxyl groups is 1. The number of benzene rings is 1. The van der Waals surface area contributed by atoms with Gasteiger partial charge in [-0.15, -0.1) is 0 Å². The van der Waals surface area contributed by atoms with Crippen molar-refractivity contribution in [1.29, 1.82) is 0 Å². The number of amides is 1. The number of rotatable bonds is 6. The van der Waals surface area contributed by atoms with Gasteiger partial charge < -0.3 is 15.4 Å². The number of hydrogen-bond donors (Lipinski definition) is 3. The molecule has 3 rings (SSSR count). The van der Waals surface area contributed by atoms with E-state index in [0.29, 0.717) is 41.0 Å². The normalized spacial score (nSPS) is 10.9. The first-order valence-corrected chi connectivity index (χ1v) is 9.03. The van der Waals surface area contributed by atoms with E-state index < -0.39 is 5.91 Å². The summed E-state index contributed by atoms with van der Waals surface area (Å²) in [6.07, 6.45) is 2.56. The lowest BCUT2D eigenvalue weighted by molar-refractivity contribution is 0.0949. The minimum atomic E-state index is -0.445. The maximum absolute atomic E-state index is 12.8. The van der Waals surface area contributed by atoms with Crippen LogP contribution in [0.5, 0.6) is 0 Å². The second-order valence-electron chi connectivity index (χ2n) is 6.29. The second kappa shape index (κ2) is 8.33. The predicted molar refractivity (Wildman–Crippen MR) is 105 cm³/mol. The van der Waals surface area contributed by atoms with Crippen molar-refractivity contribution in [3.05, 3.63) is 74.3 Å². The molecule has 3 N–H and O–H groups in total. The van der Waals surface area contributed by atoms with Crippen molar-refractivity contribution < 1.29 is 9.90 Å². The zero-order chi connectivity index (χ0) is 19.4. The summed E-state index contributed by atoms with van der Waals surface area (Å²) in [6, 6.07) is 8.81. The zero-order valence-corrected chi connectivity index (χ0v) is 15.6. The topological polar surface area (TPSA) is 95.1 Å². The fourth-order valence-corrected chi connectivity index (χ4v) is 3.02. The first-order valence-electron chi connectivity index (χ1n) is 8.65. The van der Waals surface area contributed by atoms with Crippen LogP contribution in [0.25, 0.3) is 10.9 Å². The van der Waals surface area contributed by atoms with Crippen molar-refractivity contribution >= 4 is 28.4 Å². The molecule has 2 heterocycles. The summed E-state index contributed by atoms with van der Waals surface area (Å²) < 4.78 is 0. The minimum Gasteiger partial charge on any atom is -0.396 e. The van der Waals surface area contributed by atoms with E-state index in [4.69, 9.17) is 16.7 Å². The van der Waals surface area contributed by atoms with Gasteiger partial charge >= 0.3 is 0 Å². The van der Waals surface area contributed by atoms with E-state index in [1.807, 2.05) is 12.1 Å². The molecule has 6 nitrogen and oxygen atoms in total. The molecule has 140 valence electrons. The molecule has 1 amide bonds. The monoisotopic (exact) mass is 385 g/mol. The molecule has 0 aliphatic rings. The van der Waals surface area contributed by atoms with Gasteiger partial charge in [0.15, 0.2) is 0 Å². The summed E-state index contributed by atoms with van der Waals surface area (Å²) in [6.45, 7) is 2.16. The van der Waals surface area contributed by atoms with Crippen LogP contribution in [0.15, 0.2) is 41.3 Å². The lowest BCUT2D eigenvalue weighted by Crippen LogP contribution is -2.28. The van der Waals surface area contributed by atoms with E-state index in [-0.39, 0.29) is 17.6 Å². The molecule has 0 bridgehead atoms. The maximum Gasteiger partial charge on any atom is 0.257 e. The van der Waals surface area contributed by atoms with E-state index in [0.717, 1.165) is 11.3 Å². The number of aliphatic hydroxyl groups excluding tert-OH is 1. The number of halogens is 1. The van der Waals surface area contributed by atoms with Gasteiger partial charge in [0.1, 0.15) is 5.56 Å². The molecule has 0 unspecified atom stereocenters. The molecule has 0 radical (unpaired) electrons. The third-order valence-corrected chi connectivity index (χ3v) is 4.56. The Labute approximate surface area is 161 Å². The number of hydrogen-bond acceptors (Lipinski definition) is 4. The van der Waals surface area contributed by atoms with Gasteiger partial charge in [-0.3, -0.25) is 14.6 Å². The number of nitrogens with zero attached hydrogens (tertiary/aromatic N) is 1. The largest absolute Gasteiger partial charge is 0.396 e. The molecule has 0 atom stereocenters. The number of aromatic nitrogens is 2. The van der Waals surface area contributed by atoms with Gasteiger partial charge in [0.05, 0.1) is 11.2 Å². The average Bonchev–Trinajstić information content (AvgIpc) is 2.66. The summed E-state index contributed by atoms with van der Waals surface area (Å²) in [4.78, 5) is 32.8. The number of carbonyl (C=O) groups is 1. The van der Waals surface area contributed by atoms with Gasteiger partial charge in [-0.05, 0) is 43.5 Å². The summed E-state index contributed by atoms with van der Waals surface area (Å²) in [5.41, 5.74) is 2.62. The lowest BCUT2D eigenvalue weighted by Gasteiger charge is -2.09.